The fraction of sp³-hybridized carbons (Fsp3) is 0.538. The number of aryl methyl sites for hydroxylation is 1. The van der Waals surface area contributed by atoms with Gasteiger partial charge in [0.25, 0.3) is 0 Å². The molecule has 0 atom stereocenters. The summed E-state index contributed by atoms with van der Waals surface area (Å²) >= 11 is 0. The van der Waals surface area contributed by atoms with Crippen molar-refractivity contribution in [2.24, 2.45) is 5.73 Å². The Balaban J connectivity index is 2.76. The zero-order valence-corrected chi connectivity index (χ0v) is 10.1. The Labute approximate surface area is 93.1 Å². The standard InChI is InChI=1S/C13H22N2/c1-4-5-8-15(3)13-7-6-12(10-14)9-11(13)2/h6-7,9H,4-5,8,10,14H2,1-3H3. The van der Waals surface area contributed by atoms with Crippen LogP contribution >= 0.6 is 0 Å². The van der Waals surface area contributed by atoms with Crippen molar-refractivity contribution < 1.29 is 0 Å². The molecule has 0 aliphatic rings. The van der Waals surface area contributed by atoms with E-state index in [2.05, 4.69) is 44.0 Å². The van der Waals surface area contributed by atoms with E-state index in [1.54, 1.807) is 0 Å². The predicted molar refractivity (Wildman–Crippen MR) is 67.2 cm³/mol. The second-order valence-corrected chi connectivity index (χ2v) is 4.10. The van der Waals surface area contributed by atoms with Gasteiger partial charge in [0.2, 0.25) is 0 Å². The highest BCUT2D eigenvalue weighted by Gasteiger charge is 2.04. The van der Waals surface area contributed by atoms with Crippen LogP contribution in [0.5, 0.6) is 0 Å². The third-order valence-corrected chi connectivity index (χ3v) is 2.76. The number of nitrogens with two attached hydrogens (primary N) is 1. The fourth-order valence-electron chi connectivity index (χ4n) is 1.79. The van der Waals surface area contributed by atoms with Crippen molar-refractivity contribution in [2.45, 2.75) is 33.2 Å². The van der Waals surface area contributed by atoms with Gasteiger partial charge in [-0.15, -0.1) is 0 Å². The highest BCUT2D eigenvalue weighted by Crippen LogP contribution is 2.20. The lowest BCUT2D eigenvalue weighted by Gasteiger charge is -2.21. The number of anilines is 1. The van der Waals surface area contributed by atoms with Crippen LogP contribution in [0, 0.1) is 6.92 Å². The summed E-state index contributed by atoms with van der Waals surface area (Å²) in [7, 11) is 2.15. The number of benzene rings is 1. The largest absolute Gasteiger partial charge is 0.374 e. The summed E-state index contributed by atoms with van der Waals surface area (Å²) in [6.07, 6.45) is 2.48. The lowest BCUT2D eigenvalue weighted by Crippen LogP contribution is -2.19. The van der Waals surface area contributed by atoms with E-state index in [1.165, 1.54) is 29.7 Å². The number of hydrogen-bond donors (Lipinski definition) is 1. The summed E-state index contributed by atoms with van der Waals surface area (Å²) in [5, 5.41) is 0. The molecule has 0 heterocycles. The summed E-state index contributed by atoms with van der Waals surface area (Å²) in [5.74, 6) is 0. The van der Waals surface area contributed by atoms with Crippen LogP contribution in [0.15, 0.2) is 18.2 Å². The first kappa shape index (κ1) is 12.1. The van der Waals surface area contributed by atoms with Gasteiger partial charge < -0.3 is 10.6 Å². The maximum Gasteiger partial charge on any atom is 0.0393 e. The number of hydrogen-bond acceptors (Lipinski definition) is 2. The molecule has 0 radical (unpaired) electrons. The molecule has 0 unspecified atom stereocenters. The molecular weight excluding hydrogens is 184 g/mol. The van der Waals surface area contributed by atoms with E-state index in [0.717, 1.165) is 6.54 Å². The van der Waals surface area contributed by atoms with Crippen molar-refractivity contribution in [3.05, 3.63) is 29.3 Å². The molecule has 1 rings (SSSR count). The quantitative estimate of drug-likeness (QED) is 0.802. The third-order valence-electron chi connectivity index (χ3n) is 2.76. The van der Waals surface area contributed by atoms with E-state index in [9.17, 15) is 0 Å². The molecule has 0 fully saturated rings. The smallest absolute Gasteiger partial charge is 0.0393 e. The van der Waals surface area contributed by atoms with Crippen molar-refractivity contribution >= 4 is 5.69 Å². The summed E-state index contributed by atoms with van der Waals surface area (Å²) in [6.45, 7) is 6.12. The van der Waals surface area contributed by atoms with Gasteiger partial charge in [0, 0.05) is 25.8 Å². The highest BCUT2D eigenvalue weighted by molar-refractivity contribution is 5.53. The number of unbranched alkanes of at least 4 members (excludes halogenated alkanes) is 1. The van der Waals surface area contributed by atoms with E-state index >= 15 is 0 Å². The van der Waals surface area contributed by atoms with Crippen molar-refractivity contribution in [1.29, 1.82) is 0 Å². The molecule has 0 aliphatic heterocycles. The molecule has 2 heteroatoms. The lowest BCUT2D eigenvalue weighted by atomic mass is 10.1. The molecule has 84 valence electrons. The van der Waals surface area contributed by atoms with Crippen LogP contribution in [0.1, 0.15) is 30.9 Å². The van der Waals surface area contributed by atoms with Crippen molar-refractivity contribution in [3.63, 3.8) is 0 Å². The van der Waals surface area contributed by atoms with Gasteiger partial charge in [-0.1, -0.05) is 25.5 Å². The van der Waals surface area contributed by atoms with E-state index in [-0.39, 0.29) is 0 Å². The minimum absolute atomic E-state index is 0.625. The minimum Gasteiger partial charge on any atom is -0.374 e. The molecule has 15 heavy (non-hydrogen) atoms. The van der Waals surface area contributed by atoms with Gasteiger partial charge in [0.15, 0.2) is 0 Å². The molecular formula is C13H22N2. The summed E-state index contributed by atoms with van der Waals surface area (Å²) in [4.78, 5) is 2.32. The Hall–Kier alpha value is -1.02. The monoisotopic (exact) mass is 206 g/mol. The van der Waals surface area contributed by atoms with Crippen LogP contribution in [-0.2, 0) is 6.54 Å². The Morgan fingerprint density at radius 1 is 1.33 bits per heavy atom. The Bertz CT molecular complexity index is 307. The maximum absolute atomic E-state index is 5.61. The SMILES string of the molecule is CCCCN(C)c1ccc(CN)cc1C. The molecule has 2 N–H and O–H groups in total. The van der Waals surface area contributed by atoms with Crippen LogP contribution in [-0.4, -0.2) is 13.6 Å². The van der Waals surface area contributed by atoms with Crippen LogP contribution in [0.4, 0.5) is 5.69 Å². The average Bonchev–Trinajstić information content (AvgIpc) is 2.25. The van der Waals surface area contributed by atoms with Crippen LogP contribution in [0.3, 0.4) is 0 Å². The van der Waals surface area contributed by atoms with Gasteiger partial charge in [-0.05, 0) is 30.5 Å². The van der Waals surface area contributed by atoms with E-state index in [0.29, 0.717) is 6.54 Å². The van der Waals surface area contributed by atoms with Crippen LogP contribution in [0.25, 0.3) is 0 Å². The molecule has 0 saturated heterocycles. The first-order chi connectivity index (χ1) is 7.19. The van der Waals surface area contributed by atoms with Gasteiger partial charge >= 0.3 is 0 Å². The van der Waals surface area contributed by atoms with Crippen molar-refractivity contribution in [3.8, 4) is 0 Å². The lowest BCUT2D eigenvalue weighted by molar-refractivity contribution is 0.765. The molecule has 1 aromatic rings. The maximum atomic E-state index is 5.61. The minimum atomic E-state index is 0.625. The molecule has 0 spiro atoms. The van der Waals surface area contributed by atoms with Gasteiger partial charge in [-0.25, -0.2) is 0 Å². The first-order valence-electron chi connectivity index (χ1n) is 5.69. The van der Waals surface area contributed by atoms with Crippen molar-refractivity contribution in [2.75, 3.05) is 18.5 Å². The molecule has 2 nitrogen and oxygen atoms in total. The predicted octanol–water partition coefficient (Wildman–Crippen LogP) is 2.69. The van der Waals surface area contributed by atoms with Gasteiger partial charge in [0.05, 0.1) is 0 Å². The molecule has 0 bridgehead atoms. The summed E-state index contributed by atoms with van der Waals surface area (Å²) in [6, 6.07) is 6.47. The summed E-state index contributed by atoms with van der Waals surface area (Å²) < 4.78 is 0. The second-order valence-electron chi connectivity index (χ2n) is 4.10. The molecule has 0 saturated carbocycles. The Morgan fingerprint density at radius 2 is 2.07 bits per heavy atom. The Kier molecular flexibility index (Phi) is 4.63. The molecule has 0 amide bonds. The zero-order chi connectivity index (χ0) is 11.3. The third kappa shape index (κ3) is 3.24. The van der Waals surface area contributed by atoms with E-state index in [4.69, 9.17) is 5.73 Å². The first-order valence-corrected chi connectivity index (χ1v) is 5.69. The average molecular weight is 206 g/mol. The van der Waals surface area contributed by atoms with Crippen LogP contribution in [0.2, 0.25) is 0 Å². The highest BCUT2D eigenvalue weighted by atomic mass is 15.1. The topological polar surface area (TPSA) is 29.3 Å². The number of rotatable bonds is 5. The van der Waals surface area contributed by atoms with E-state index < -0.39 is 0 Å². The van der Waals surface area contributed by atoms with Crippen molar-refractivity contribution in [1.82, 2.24) is 0 Å². The zero-order valence-electron chi connectivity index (χ0n) is 10.1. The molecule has 1 aromatic carbocycles. The second kappa shape index (κ2) is 5.76. The fourth-order valence-corrected chi connectivity index (χ4v) is 1.79. The van der Waals surface area contributed by atoms with E-state index in [1.807, 2.05) is 0 Å². The van der Waals surface area contributed by atoms with Gasteiger partial charge in [-0.3, -0.25) is 0 Å². The molecule has 0 aromatic heterocycles. The van der Waals surface area contributed by atoms with Gasteiger partial charge in [0.1, 0.15) is 0 Å². The normalized spacial score (nSPS) is 10.4. The van der Waals surface area contributed by atoms with Gasteiger partial charge in [-0.2, -0.15) is 0 Å². The summed E-state index contributed by atoms with van der Waals surface area (Å²) in [5.41, 5.74) is 9.46. The molecule has 0 aliphatic carbocycles. The Morgan fingerprint density at radius 3 is 2.60 bits per heavy atom. The number of nitrogens with zero attached hydrogens (tertiary/aromatic N) is 1. The van der Waals surface area contributed by atoms with Crippen LogP contribution < -0.4 is 10.6 Å².